The van der Waals surface area contributed by atoms with E-state index in [1.807, 2.05) is 20.8 Å². The van der Waals surface area contributed by atoms with E-state index >= 15 is 0 Å². The number of rotatable bonds is 4. The molecule has 1 fully saturated rings. The fourth-order valence-electron chi connectivity index (χ4n) is 3.45. The Morgan fingerprint density at radius 1 is 0.970 bits per heavy atom. The average Bonchev–Trinajstić information content (AvgIpc) is 3.09. The van der Waals surface area contributed by atoms with Crippen molar-refractivity contribution < 1.29 is 35.9 Å². The predicted molar refractivity (Wildman–Crippen MR) is 107 cm³/mol. The molecule has 6 nitrogen and oxygen atoms in total. The Morgan fingerprint density at radius 2 is 1.55 bits per heavy atom. The maximum absolute atomic E-state index is 12.9. The monoisotopic (exact) mass is 476 g/mol. The van der Waals surface area contributed by atoms with Gasteiger partial charge in [0.25, 0.3) is 0 Å². The largest absolute Gasteiger partial charge is 0.417 e. The Bertz CT molecular complexity index is 969. The summed E-state index contributed by atoms with van der Waals surface area (Å²) in [5.41, 5.74) is -2.43. The number of pyridine rings is 2. The van der Waals surface area contributed by atoms with Crippen LogP contribution in [-0.2, 0) is 21.9 Å². The maximum atomic E-state index is 12.9. The van der Waals surface area contributed by atoms with Gasteiger partial charge in [-0.3, -0.25) is 4.79 Å². The van der Waals surface area contributed by atoms with E-state index in [2.05, 4.69) is 15.3 Å². The molecule has 33 heavy (non-hydrogen) atoms. The molecule has 2 aromatic rings. The molecule has 1 amide bonds. The smallest absolute Gasteiger partial charge is 0.371 e. The van der Waals surface area contributed by atoms with Crippen LogP contribution < -0.4 is 10.2 Å². The first-order valence-corrected chi connectivity index (χ1v) is 9.95. The zero-order valence-corrected chi connectivity index (χ0v) is 18.0. The fourth-order valence-corrected chi connectivity index (χ4v) is 3.45. The van der Waals surface area contributed by atoms with Crippen molar-refractivity contribution in [1.29, 1.82) is 0 Å². The van der Waals surface area contributed by atoms with E-state index in [0.29, 0.717) is 12.4 Å². The van der Waals surface area contributed by atoms with Gasteiger partial charge in [-0.15, -0.1) is 0 Å². The van der Waals surface area contributed by atoms with E-state index < -0.39 is 47.1 Å². The molecule has 2 aromatic heterocycles. The average molecular weight is 476 g/mol. The molecule has 1 N–H and O–H groups in total. The summed E-state index contributed by atoms with van der Waals surface area (Å²) >= 11 is 0. The van der Waals surface area contributed by atoms with Gasteiger partial charge in [-0.1, -0.05) is 0 Å². The quantitative estimate of drug-likeness (QED) is 0.635. The van der Waals surface area contributed by atoms with Crippen LogP contribution in [0.15, 0.2) is 36.7 Å². The standard InChI is InChI=1S/C21H22F6N4O2/c1-19(2,3)33-14-8-15(18(32)30-16-6-4-12(9-28-16)20(22,23)24)31(11-14)17-7-5-13(10-29-17)21(25,26)27/h4-7,9-10,14-15H,8,11H2,1-3H3,(H,28,30,32). The normalized spacial score (nSPS) is 19.6. The van der Waals surface area contributed by atoms with Gasteiger partial charge in [-0.25, -0.2) is 9.97 Å². The summed E-state index contributed by atoms with van der Waals surface area (Å²) in [7, 11) is 0. The van der Waals surface area contributed by atoms with Crippen molar-refractivity contribution in [2.45, 2.75) is 57.3 Å². The van der Waals surface area contributed by atoms with Crippen molar-refractivity contribution in [2.24, 2.45) is 0 Å². The van der Waals surface area contributed by atoms with Crippen molar-refractivity contribution >= 4 is 17.5 Å². The fraction of sp³-hybridized carbons (Fsp3) is 0.476. The van der Waals surface area contributed by atoms with Crippen LogP contribution >= 0.6 is 0 Å². The minimum Gasteiger partial charge on any atom is -0.371 e. The van der Waals surface area contributed by atoms with Gasteiger partial charge in [-0.05, 0) is 45.0 Å². The lowest BCUT2D eigenvalue weighted by molar-refractivity contribution is -0.138. The molecular weight excluding hydrogens is 454 g/mol. The van der Waals surface area contributed by atoms with Crippen molar-refractivity contribution in [3.8, 4) is 0 Å². The number of ether oxygens (including phenoxy) is 1. The van der Waals surface area contributed by atoms with Crippen LogP contribution in [0, 0.1) is 0 Å². The van der Waals surface area contributed by atoms with Crippen molar-refractivity contribution in [2.75, 3.05) is 16.8 Å². The third-order valence-electron chi connectivity index (χ3n) is 4.80. The number of nitrogens with one attached hydrogen (secondary N) is 1. The van der Waals surface area contributed by atoms with Crippen LogP contribution in [0.5, 0.6) is 0 Å². The number of carbonyl (C=O) groups is 1. The van der Waals surface area contributed by atoms with Gasteiger partial charge in [0.15, 0.2) is 0 Å². The summed E-state index contributed by atoms with van der Waals surface area (Å²) in [4.78, 5) is 21.9. The molecule has 0 bridgehead atoms. The van der Waals surface area contributed by atoms with Crippen LogP contribution in [-0.4, -0.2) is 40.2 Å². The number of hydrogen-bond acceptors (Lipinski definition) is 5. The maximum Gasteiger partial charge on any atom is 0.417 e. The molecule has 0 radical (unpaired) electrons. The van der Waals surface area contributed by atoms with Gasteiger partial charge in [0.1, 0.15) is 17.7 Å². The highest BCUT2D eigenvalue weighted by atomic mass is 19.4. The summed E-state index contributed by atoms with van der Waals surface area (Å²) in [6.07, 6.45) is -8.06. The second kappa shape index (κ2) is 8.81. The molecule has 1 aliphatic heterocycles. The lowest BCUT2D eigenvalue weighted by Gasteiger charge is -2.26. The van der Waals surface area contributed by atoms with Gasteiger partial charge in [0.05, 0.1) is 22.8 Å². The molecule has 180 valence electrons. The highest BCUT2D eigenvalue weighted by molar-refractivity contribution is 5.96. The minimum absolute atomic E-state index is 0.0893. The van der Waals surface area contributed by atoms with Crippen LogP contribution in [0.1, 0.15) is 38.3 Å². The number of nitrogens with zero attached hydrogens (tertiary/aromatic N) is 3. The number of hydrogen-bond donors (Lipinski definition) is 1. The van der Waals surface area contributed by atoms with Crippen molar-refractivity contribution in [3.05, 3.63) is 47.8 Å². The molecule has 0 spiro atoms. The number of amides is 1. The zero-order chi connectivity index (χ0) is 24.6. The first-order valence-electron chi connectivity index (χ1n) is 9.95. The molecule has 0 aromatic carbocycles. The van der Waals surface area contributed by atoms with Crippen LogP contribution in [0.3, 0.4) is 0 Å². The summed E-state index contributed by atoms with van der Waals surface area (Å²) in [6.45, 7) is 5.67. The summed E-state index contributed by atoms with van der Waals surface area (Å²) in [6, 6.07) is 2.97. The lowest BCUT2D eigenvalue weighted by Crippen LogP contribution is -2.40. The second-order valence-corrected chi connectivity index (χ2v) is 8.58. The number of aromatic nitrogens is 2. The first kappa shape index (κ1) is 24.7. The van der Waals surface area contributed by atoms with E-state index in [1.165, 1.54) is 11.0 Å². The van der Waals surface area contributed by atoms with Crippen LogP contribution in [0.2, 0.25) is 0 Å². The number of alkyl halides is 6. The minimum atomic E-state index is -4.57. The molecule has 1 aliphatic rings. The molecule has 0 saturated carbocycles. The van der Waals surface area contributed by atoms with E-state index in [4.69, 9.17) is 4.74 Å². The number of carbonyl (C=O) groups excluding carboxylic acids is 1. The van der Waals surface area contributed by atoms with Crippen molar-refractivity contribution in [3.63, 3.8) is 0 Å². The SMILES string of the molecule is CC(C)(C)OC1CC(C(=O)Nc2ccc(C(F)(F)F)cn2)N(c2ccc(C(F)(F)F)cn2)C1. The van der Waals surface area contributed by atoms with Gasteiger partial charge in [-0.2, -0.15) is 26.3 Å². The van der Waals surface area contributed by atoms with E-state index in [0.717, 1.165) is 18.2 Å². The van der Waals surface area contributed by atoms with E-state index in [9.17, 15) is 31.1 Å². The molecule has 12 heteroatoms. The Hall–Kier alpha value is -2.89. The third-order valence-corrected chi connectivity index (χ3v) is 4.80. The molecular formula is C21H22F6N4O2. The molecule has 0 aliphatic carbocycles. The van der Waals surface area contributed by atoms with Gasteiger partial charge >= 0.3 is 12.4 Å². The third kappa shape index (κ3) is 6.34. The van der Waals surface area contributed by atoms with E-state index in [1.54, 1.807) is 0 Å². The summed E-state index contributed by atoms with van der Waals surface area (Å²) in [5, 5.41) is 2.46. The van der Waals surface area contributed by atoms with Crippen LogP contribution in [0.4, 0.5) is 38.0 Å². The highest BCUT2D eigenvalue weighted by Crippen LogP contribution is 2.33. The molecule has 3 rings (SSSR count). The first-order chi connectivity index (χ1) is 15.1. The lowest BCUT2D eigenvalue weighted by atomic mass is 10.1. The highest BCUT2D eigenvalue weighted by Gasteiger charge is 2.40. The topological polar surface area (TPSA) is 67.3 Å². The Labute approximate surface area is 186 Å². The number of anilines is 2. The molecule has 3 heterocycles. The molecule has 2 unspecified atom stereocenters. The van der Waals surface area contributed by atoms with Crippen molar-refractivity contribution in [1.82, 2.24) is 9.97 Å². The van der Waals surface area contributed by atoms with Gasteiger partial charge in [0.2, 0.25) is 5.91 Å². The van der Waals surface area contributed by atoms with Crippen LogP contribution in [0.25, 0.3) is 0 Å². The molecule has 1 saturated heterocycles. The van der Waals surface area contributed by atoms with Gasteiger partial charge in [0, 0.05) is 25.4 Å². The van der Waals surface area contributed by atoms with E-state index in [-0.39, 0.29) is 24.6 Å². The Balaban J connectivity index is 1.82. The second-order valence-electron chi connectivity index (χ2n) is 8.58. The predicted octanol–water partition coefficient (Wildman–Crippen LogP) is 4.92. The number of halogens is 6. The Morgan fingerprint density at radius 3 is 2.00 bits per heavy atom. The molecule has 2 atom stereocenters. The summed E-state index contributed by atoms with van der Waals surface area (Å²) < 4.78 is 82.7. The summed E-state index contributed by atoms with van der Waals surface area (Å²) in [5.74, 6) is -0.541. The van der Waals surface area contributed by atoms with Gasteiger partial charge < -0.3 is 15.0 Å². The Kier molecular flexibility index (Phi) is 6.60. The zero-order valence-electron chi connectivity index (χ0n) is 18.0.